The topological polar surface area (TPSA) is 62.2 Å². The van der Waals surface area contributed by atoms with Crippen LogP contribution in [0.4, 0.5) is 9.52 Å². The molecule has 4 rings (SSSR count). The highest BCUT2D eigenvalue weighted by Crippen LogP contribution is 2.30. The summed E-state index contributed by atoms with van der Waals surface area (Å²) < 4.78 is 14.6. The number of aromatic nitrogens is 3. The molecule has 2 aromatic heterocycles. The van der Waals surface area contributed by atoms with Gasteiger partial charge in [0.15, 0.2) is 5.13 Å². The zero-order valence-corrected chi connectivity index (χ0v) is 13.5. The molecule has 0 bridgehead atoms. The zero-order chi connectivity index (χ0) is 16.5. The van der Waals surface area contributed by atoms with Gasteiger partial charge in [0, 0.05) is 38.6 Å². The molecule has 1 aliphatic rings. The smallest absolute Gasteiger partial charge is 0.274 e. The van der Waals surface area contributed by atoms with Gasteiger partial charge in [-0.05, 0) is 12.1 Å². The van der Waals surface area contributed by atoms with Crippen molar-refractivity contribution in [2.24, 2.45) is 0 Å². The minimum absolute atomic E-state index is 0.113. The molecule has 1 aromatic carbocycles. The lowest BCUT2D eigenvalue weighted by Crippen LogP contribution is -2.49. The highest BCUT2D eigenvalue weighted by molar-refractivity contribution is 7.22. The van der Waals surface area contributed by atoms with Crippen molar-refractivity contribution in [2.45, 2.75) is 0 Å². The first-order valence-electron chi connectivity index (χ1n) is 7.57. The third kappa shape index (κ3) is 2.69. The number of benzene rings is 1. The minimum atomic E-state index is -0.300. The van der Waals surface area contributed by atoms with Crippen LogP contribution >= 0.6 is 11.3 Å². The Morgan fingerprint density at radius 1 is 1.17 bits per heavy atom. The number of carbonyl (C=O) groups excluding carboxylic acids is 1. The Morgan fingerprint density at radius 2 is 2.00 bits per heavy atom. The van der Waals surface area contributed by atoms with Crippen LogP contribution in [0.1, 0.15) is 10.5 Å². The van der Waals surface area contributed by atoms with Crippen LogP contribution < -0.4 is 4.90 Å². The van der Waals surface area contributed by atoms with E-state index in [2.05, 4.69) is 19.9 Å². The summed E-state index contributed by atoms with van der Waals surface area (Å²) in [7, 11) is 0. The number of amides is 1. The van der Waals surface area contributed by atoms with Gasteiger partial charge in [-0.25, -0.2) is 14.4 Å². The first kappa shape index (κ1) is 14.9. The Labute approximate surface area is 141 Å². The lowest BCUT2D eigenvalue weighted by atomic mass is 10.3. The summed E-state index contributed by atoms with van der Waals surface area (Å²) in [5, 5.41) is 0.793. The van der Waals surface area contributed by atoms with Gasteiger partial charge in [0.2, 0.25) is 0 Å². The molecule has 6 nitrogen and oxygen atoms in total. The van der Waals surface area contributed by atoms with Crippen LogP contribution in [0.15, 0.2) is 36.8 Å². The summed E-state index contributed by atoms with van der Waals surface area (Å²) >= 11 is 1.47. The van der Waals surface area contributed by atoms with Crippen LogP contribution in [0, 0.1) is 5.82 Å². The largest absolute Gasteiger partial charge is 0.345 e. The molecule has 122 valence electrons. The van der Waals surface area contributed by atoms with E-state index in [1.54, 1.807) is 17.2 Å². The zero-order valence-electron chi connectivity index (χ0n) is 12.7. The van der Waals surface area contributed by atoms with E-state index in [1.807, 2.05) is 6.07 Å². The molecule has 1 saturated heterocycles. The Balaban J connectivity index is 1.47. The van der Waals surface area contributed by atoms with Crippen molar-refractivity contribution in [1.82, 2.24) is 19.9 Å². The monoisotopic (exact) mass is 343 g/mol. The number of rotatable bonds is 2. The van der Waals surface area contributed by atoms with Gasteiger partial charge in [0.05, 0.1) is 10.9 Å². The molecule has 1 fully saturated rings. The first-order chi connectivity index (χ1) is 11.7. The summed E-state index contributed by atoms with van der Waals surface area (Å²) in [4.78, 5) is 28.6. The molecule has 0 N–H and O–H groups in total. The lowest BCUT2D eigenvalue weighted by Gasteiger charge is -2.34. The molecular formula is C16H14FN5OS. The maximum Gasteiger partial charge on any atom is 0.274 e. The number of carbonyl (C=O) groups is 1. The normalized spacial score (nSPS) is 15.0. The second-order valence-corrected chi connectivity index (χ2v) is 6.46. The van der Waals surface area contributed by atoms with E-state index in [9.17, 15) is 9.18 Å². The van der Waals surface area contributed by atoms with Crippen molar-refractivity contribution >= 4 is 32.6 Å². The third-order valence-corrected chi connectivity index (χ3v) is 5.06. The molecular weight excluding hydrogens is 329 g/mol. The van der Waals surface area contributed by atoms with E-state index < -0.39 is 0 Å². The summed E-state index contributed by atoms with van der Waals surface area (Å²) in [6.07, 6.45) is 4.53. The number of thiazole rings is 1. The average Bonchev–Trinajstić information content (AvgIpc) is 3.08. The standard InChI is InChI=1S/C16H14FN5OS/c17-11-2-1-3-13-14(11)20-16(24-13)22-8-6-21(7-9-22)15(23)12-10-18-4-5-19-12/h1-5,10H,6-9H2. The molecule has 3 aromatic rings. The molecule has 3 heterocycles. The van der Waals surface area contributed by atoms with Crippen LogP contribution in [0.25, 0.3) is 10.2 Å². The number of nitrogens with zero attached hydrogens (tertiary/aromatic N) is 5. The Kier molecular flexibility index (Phi) is 3.81. The third-order valence-electron chi connectivity index (χ3n) is 3.98. The number of fused-ring (bicyclic) bond motifs is 1. The fourth-order valence-electron chi connectivity index (χ4n) is 2.71. The number of hydrogen-bond donors (Lipinski definition) is 0. The van der Waals surface area contributed by atoms with E-state index in [0.29, 0.717) is 37.4 Å². The molecule has 0 radical (unpaired) electrons. The van der Waals surface area contributed by atoms with Gasteiger partial charge in [-0.1, -0.05) is 17.4 Å². The Bertz CT molecular complexity index is 877. The van der Waals surface area contributed by atoms with E-state index >= 15 is 0 Å². The maximum absolute atomic E-state index is 13.8. The van der Waals surface area contributed by atoms with E-state index in [1.165, 1.54) is 29.8 Å². The Morgan fingerprint density at radius 3 is 2.71 bits per heavy atom. The van der Waals surface area contributed by atoms with Crippen molar-refractivity contribution in [1.29, 1.82) is 0 Å². The van der Waals surface area contributed by atoms with E-state index in [0.717, 1.165) is 9.83 Å². The van der Waals surface area contributed by atoms with Crippen molar-refractivity contribution < 1.29 is 9.18 Å². The van der Waals surface area contributed by atoms with Gasteiger partial charge in [-0.15, -0.1) is 0 Å². The maximum atomic E-state index is 13.8. The van der Waals surface area contributed by atoms with E-state index in [4.69, 9.17) is 0 Å². The van der Waals surface area contributed by atoms with Crippen LogP contribution in [-0.2, 0) is 0 Å². The predicted molar refractivity (Wildman–Crippen MR) is 89.7 cm³/mol. The number of anilines is 1. The van der Waals surface area contributed by atoms with Crippen LogP contribution in [-0.4, -0.2) is 51.9 Å². The molecule has 1 aliphatic heterocycles. The summed E-state index contributed by atoms with van der Waals surface area (Å²) in [6, 6.07) is 4.98. The van der Waals surface area contributed by atoms with E-state index in [-0.39, 0.29) is 11.7 Å². The van der Waals surface area contributed by atoms with Gasteiger partial charge < -0.3 is 9.80 Å². The average molecular weight is 343 g/mol. The molecule has 1 amide bonds. The molecule has 0 saturated carbocycles. The van der Waals surface area contributed by atoms with Gasteiger partial charge in [0.25, 0.3) is 5.91 Å². The van der Waals surface area contributed by atoms with Crippen LogP contribution in [0.5, 0.6) is 0 Å². The number of hydrogen-bond acceptors (Lipinski definition) is 6. The molecule has 24 heavy (non-hydrogen) atoms. The highest BCUT2D eigenvalue weighted by Gasteiger charge is 2.24. The second-order valence-electron chi connectivity index (χ2n) is 5.45. The molecule has 0 atom stereocenters. The van der Waals surface area contributed by atoms with Crippen LogP contribution in [0.2, 0.25) is 0 Å². The second kappa shape index (κ2) is 6.12. The molecule has 8 heteroatoms. The summed E-state index contributed by atoms with van der Waals surface area (Å²) in [5.41, 5.74) is 0.767. The number of para-hydroxylation sites is 1. The fraction of sp³-hybridized carbons (Fsp3) is 0.250. The number of piperazine rings is 1. The quantitative estimate of drug-likeness (QED) is 0.714. The summed E-state index contributed by atoms with van der Waals surface area (Å²) in [5.74, 6) is -0.412. The number of halogens is 1. The molecule has 0 unspecified atom stereocenters. The van der Waals surface area contributed by atoms with Gasteiger partial charge in [-0.3, -0.25) is 9.78 Å². The van der Waals surface area contributed by atoms with Crippen molar-refractivity contribution in [3.05, 3.63) is 48.3 Å². The van der Waals surface area contributed by atoms with Gasteiger partial charge >= 0.3 is 0 Å². The predicted octanol–water partition coefficient (Wildman–Crippen LogP) is 2.19. The highest BCUT2D eigenvalue weighted by atomic mass is 32.1. The minimum Gasteiger partial charge on any atom is -0.345 e. The fourth-order valence-corrected chi connectivity index (χ4v) is 3.74. The lowest BCUT2D eigenvalue weighted by molar-refractivity contribution is 0.0740. The summed E-state index contributed by atoms with van der Waals surface area (Å²) in [6.45, 7) is 2.47. The first-order valence-corrected chi connectivity index (χ1v) is 8.39. The van der Waals surface area contributed by atoms with Crippen molar-refractivity contribution in [2.75, 3.05) is 31.1 Å². The van der Waals surface area contributed by atoms with Crippen molar-refractivity contribution in [3.63, 3.8) is 0 Å². The van der Waals surface area contributed by atoms with Crippen LogP contribution in [0.3, 0.4) is 0 Å². The van der Waals surface area contributed by atoms with Gasteiger partial charge in [-0.2, -0.15) is 0 Å². The SMILES string of the molecule is O=C(c1cnccn1)N1CCN(c2nc3c(F)cccc3s2)CC1. The van der Waals surface area contributed by atoms with Gasteiger partial charge in [0.1, 0.15) is 17.0 Å². The Hall–Kier alpha value is -2.61. The molecule has 0 aliphatic carbocycles. The van der Waals surface area contributed by atoms with Crippen molar-refractivity contribution in [3.8, 4) is 0 Å². The molecule has 0 spiro atoms.